The summed E-state index contributed by atoms with van der Waals surface area (Å²) < 4.78 is 10.8. The zero-order valence-corrected chi connectivity index (χ0v) is 17.3. The van der Waals surface area contributed by atoms with Crippen LogP contribution in [0.4, 0.5) is 5.69 Å². The van der Waals surface area contributed by atoms with Crippen molar-refractivity contribution in [3.05, 3.63) is 81.8 Å². The van der Waals surface area contributed by atoms with E-state index in [-0.39, 0.29) is 12.3 Å². The van der Waals surface area contributed by atoms with E-state index in [9.17, 15) is 9.59 Å². The van der Waals surface area contributed by atoms with Gasteiger partial charge in [-0.15, -0.1) is 0 Å². The van der Waals surface area contributed by atoms with Crippen molar-refractivity contribution in [1.82, 2.24) is 0 Å². The maximum absolute atomic E-state index is 12.4. The van der Waals surface area contributed by atoms with Crippen LogP contribution in [0.2, 0.25) is 10.0 Å². The molecule has 0 spiro atoms. The van der Waals surface area contributed by atoms with Gasteiger partial charge in [-0.05, 0) is 60.2 Å². The Balaban J connectivity index is 1.66. The van der Waals surface area contributed by atoms with Gasteiger partial charge in [-0.3, -0.25) is 9.59 Å². The lowest BCUT2D eigenvalue weighted by Gasteiger charge is -2.10. The molecule has 0 aromatic heterocycles. The van der Waals surface area contributed by atoms with Gasteiger partial charge in [-0.25, -0.2) is 0 Å². The second-order valence-electron chi connectivity index (χ2n) is 6.27. The maximum atomic E-state index is 12.4. The number of anilines is 1. The molecule has 30 heavy (non-hydrogen) atoms. The van der Waals surface area contributed by atoms with Gasteiger partial charge in [0.2, 0.25) is 0 Å². The normalized spacial score (nSPS) is 10.4. The molecule has 0 heterocycles. The second-order valence-corrected chi connectivity index (χ2v) is 7.08. The van der Waals surface area contributed by atoms with Crippen LogP contribution in [0.5, 0.6) is 17.2 Å². The molecule has 8 heteroatoms. The molecule has 0 unspecified atom stereocenters. The maximum Gasteiger partial charge on any atom is 0.307 e. The summed E-state index contributed by atoms with van der Waals surface area (Å²) in [5.41, 5.74) is 1.55. The Morgan fingerprint density at radius 3 is 2.20 bits per heavy atom. The van der Waals surface area contributed by atoms with E-state index in [4.69, 9.17) is 37.8 Å². The molecular weight excluding hydrogens is 429 g/mol. The molecule has 0 fully saturated rings. The minimum atomic E-state index is -0.936. The SMILES string of the molecule is COc1ccc(C(=O)Nc2ccc(Oc3ccc(CC(=O)O)cc3Cl)cc2)cc1Cl. The highest BCUT2D eigenvalue weighted by Gasteiger charge is 2.11. The third-order valence-corrected chi connectivity index (χ3v) is 4.70. The van der Waals surface area contributed by atoms with Crippen LogP contribution in [0.3, 0.4) is 0 Å². The van der Waals surface area contributed by atoms with Crippen molar-refractivity contribution in [3.63, 3.8) is 0 Å². The van der Waals surface area contributed by atoms with Crippen LogP contribution >= 0.6 is 23.2 Å². The second kappa shape index (κ2) is 9.52. The summed E-state index contributed by atoms with van der Waals surface area (Å²) in [6, 6.07) is 16.3. The first kappa shape index (κ1) is 21.5. The van der Waals surface area contributed by atoms with E-state index >= 15 is 0 Å². The fourth-order valence-corrected chi connectivity index (χ4v) is 3.16. The van der Waals surface area contributed by atoms with Crippen molar-refractivity contribution >= 4 is 40.8 Å². The lowest BCUT2D eigenvalue weighted by molar-refractivity contribution is -0.136. The molecule has 2 N–H and O–H groups in total. The predicted molar refractivity (Wildman–Crippen MR) is 115 cm³/mol. The number of aliphatic carboxylic acids is 1. The summed E-state index contributed by atoms with van der Waals surface area (Å²) in [6.07, 6.45) is -0.117. The van der Waals surface area contributed by atoms with Crippen LogP contribution in [0.15, 0.2) is 60.7 Å². The van der Waals surface area contributed by atoms with Crippen molar-refractivity contribution in [1.29, 1.82) is 0 Å². The van der Waals surface area contributed by atoms with E-state index in [0.717, 1.165) is 0 Å². The third kappa shape index (κ3) is 5.43. The number of methoxy groups -OCH3 is 1. The molecule has 3 aromatic rings. The minimum absolute atomic E-state index is 0.117. The standard InChI is InChI=1S/C22H17Cl2NO5/c1-29-19-9-3-14(12-18(19)24)22(28)25-15-4-6-16(7-5-15)30-20-8-2-13(10-17(20)23)11-21(26)27/h2-10,12H,11H2,1H3,(H,25,28)(H,26,27). The van der Waals surface area contributed by atoms with Crippen LogP contribution in [-0.4, -0.2) is 24.1 Å². The van der Waals surface area contributed by atoms with Crippen molar-refractivity contribution in [2.24, 2.45) is 0 Å². The molecule has 0 saturated carbocycles. The van der Waals surface area contributed by atoms with E-state index in [2.05, 4.69) is 5.32 Å². The van der Waals surface area contributed by atoms with Gasteiger partial charge in [-0.2, -0.15) is 0 Å². The Labute approximate surface area is 183 Å². The van der Waals surface area contributed by atoms with E-state index in [1.807, 2.05) is 0 Å². The number of rotatable bonds is 7. The number of hydrogen-bond donors (Lipinski definition) is 2. The molecule has 6 nitrogen and oxygen atoms in total. The summed E-state index contributed by atoms with van der Waals surface area (Å²) in [5, 5.41) is 12.3. The van der Waals surface area contributed by atoms with Gasteiger partial charge in [0, 0.05) is 11.3 Å². The topological polar surface area (TPSA) is 84.9 Å². The third-order valence-electron chi connectivity index (χ3n) is 4.11. The Morgan fingerprint density at radius 1 is 0.933 bits per heavy atom. The van der Waals surface area contributed by atoms with Gasteiger partial charge in [0.25, 0.3) is 5.91 Å². The summed E-state index contributed by atoms with van der Waals surface area (Å²) in [6.45, 7) is 0. The van der Waals surface area contributed by atoms with Crippen LogP contribution < -0.4 is 14.8 Å². The van der Waals surface area contributed by atoms with Crippen molar-refractivity contribution in [2.75, 3.05) is 12.4 Å². The molecule has 0 radical (unpaired) electrons. The van der Waals surface area contributed by atoms with Crippen molar-refractivity contribution < 1.29 is 24.2 Å². The van der Waals surface area contributed by atoms with Crippen LogP contribution in [0.25, 0.3) is 0 Å². The molecule has 0 bridgehead atoms. The Morgan fingerprint density at radius 2 is 1.60 bits per heavy atom. The molecule has 0 aliphatic heterocycles. The zero-order valence-electron chi connectivity index (χ0n) is 15.8. The van der Waals surface area contributed by atoms with E-state index in [1.165, 1.54) is 13.2 Å². The number of carbonyl (C=O) groups excluding carboxylic acids is 1. The van der Waals surface area contributed by atoms with Gasteiger partial charge < -0.3 is 19.9 Å². The molecule has 0 saturated heterocycles. The molecule has 0 aliphatic rings. The highest BCUT2D eigenvalue weighted by atomic mass is 35.5. The number of amides is 1. The Bertz CT molecular complexity index is 1080. The Kier molecular flexibility index (Phi) is 6.82. The first-order valence-corrected chi connectivity index (χ1v) is 9.54. The monoisotopic (exact) mass is 445 g/mol. The molecule has 1 amide bonds. The van der Waals surface area contributed by atoms with Crippen molar-refractivity contribution in [3.8, 4) is 17.2 Å². The molecule has 3 rings (SSSR count). The van der Waals surface area contributed by atoms with Gasteiger partial charge in [0.05, 0.1) is 23.6 Å². The van der Waals surface area contributed by atoms with Crippen LogP contribution in [0.1, 0.15) is 15.9 Å². The van der Waals surface area contributed by atoms with Gasteiger partial charge in [0.15, 0.2) is 0 Å². The van der Waals surface area contributed by atoms with Gasteiger partial charge in [-0.1, -0.05) is 29.3 Å². The number of carboxylic acid groups (broad SMARTS) is 1. The van der Waals surface area contributed by atoms with Crippen molar-refractivity contribution in [2.45, 2.75) is 6.42 Å². The number of carboxylic acids is 1. The first-order chi connectivity index (χ1) is 14.4. The fraction of sp³-hybridized carbons (Fsp3) is 0.0909. The number of halogens is 2. The molecule has 0 aliphatic carbocycles. The highest BCUT2D eigenvalue weighted by Crippen LogP contribution is 2.31. The largest absolute Gasteiger partial charge is 0.495 e. The number of nitrogens with one attached hydrogen (secondary N) is 1. The predicted octanol–water partition coefficient (Wildman–Crippen LogP) is 5.67. The molecule has 154 valence electrons. The van der Waals surface area contributed by atoms with E-state index in [1.54, 1.807) is 54.6 Å². The lowest BCUT2D eigenvalue weighted by Crippen LogP contribution is -2.11. The smallest absolute Gasteiger partial charge is 0.307 e. The number of carbonyl (C=O) groups is 2. The summed E-state index contributed by atoms with van der Waals surface area (Å²) >= 11 is 12.2. The molecule has 0 atom stereocenters. The fourth-order valence-electron chi connectivity index (χ4n) is 2.66. The minimum Gasteiger partial charge on any atom is -0.495 e. The molecule has 3 aromatic carbocycles. The summed E-state index contributed by atoms with van der Waals surface area (Å²) in [7, 11) is 1.50. The number of hydrogen-bond acceptors (Lipinski definition) is 4. The van der Waals surface area contributed by atoms with E-state index in [0.29, 0.717) is 44.1 Å². The average Bonchev–Trinajstić information content (AvgIpc) is 2.71. The quantitative estimate of drug-likeness (QED) is 0.488. The lowest BCUT2D eigenvalue weighted by atomic mass is 10.1. The van der Waals surface area contributed by atoms with Crippen LogP contribution in [-0.2, 0) is 11.2 Å². The Hall–Kier alpha value is -3.22. The van der Waals surface area contributed by atoms with Crippen LogP contribution in [0, 0.1) is 0 Å². The first-order valence-electron chi connectivity index (χ1n) is 8.78. The zero-order chi connectivity index (χ0) is 21.7. The molecular formula is C22H17Cl2NO5. The van der Waals surface area contributed by atoms with E-state index < -0.39 is 5.97 Å². The van der Waals surface area contributed by atoms with Gasteiger partial charge >= 0.3 is 5.97 Å². The number of benzene rings is 3. The summed E-state index contributed by atoms with van der Waals surface area (Å²) in [4.78, 5) is 23.2. The number of ether oxygens (including phenoxy) is 2. The average molecular weight is 446 g/mol. The van der Waals surface area contributed by atoms with Gasteiger partial charge in [0.1, 0.15) is 17.2 Å². The summed E-state index contributed by atoms with van der Waals surface area (Å²) in [5.74, 6) is 0.146. The highest BCUT2D eigenvalue weighted by molar-refractivity contribution is 6.32.